The van der Waals surface area contributed by atoms with Gasteiger partial charge in [0.05, 0.1) is 13.2 Å². The molecule has 122 valence electrons. The Morgan fingerprint density at radius 2 is 2.35 bits per heavy atom. The van der Waals surface area contributed by atoms with Crippen molar-refractivity contribution in [3.63, 3.8) is 0 Å². The molecule has 0 spiro atoms. The summed E-state index contributed by atoms with van der Waals surface area (Å²) >= 11 is 0. The van der Waals surface area contributed by atoms with Crippen LogP contribution >= 0.6 is 0 Å². The molecule has 3 rings (SSSR count). The molecule has 0 unspecified atom stereocenters. The van der Waals surface area contributed by atoms with Gasteiger partial charge in [-0.1, -0.05) is 0 Å². The Morgan fingerprint density at radius 3 is 3.13 bits per heavy atom. The molecular formula is C16H21N5O2. The SMILES string of the molecule is Cc1cc(C[C@H]2COCCN(C(=O)Cn3cccn3)C2)ncn1. The highest BCUT2D eigenvalue weighted by atomic mass is 16.5. The molecular weight excluding hydrogens is 294 g/mol. The lowest BCUT2D eigenvalue weighted by Crippen LogP contribution is -2.38. The molecule has 0 saturated carbocycles. The van der Waals surface area contributed by atoms with E-state index in [1.54, 1.807) is 23.4 Å². The van der Waals surface area contributed by atoms with Crippen molar-refractivity contribution in [1.29, 1.82) is 0 Å². The Bertz CT molecular complexity index is 644. The second kappa shape index (κ2) is 7.32. The monoisotopic (exact) mass is 315 g/mol. The molecule has 1 fully saturated rings. The van der Waals surface area contributed by atoms with E-state index in [9.17, 15) is 4.79 Å². The Labute approximate surface area is 135 Å². The third kappa shape index (κ3) is 4.35. The van der Waals surface area contributed by atoms with E-state index in [2.05, 4.69) is 15.1 Å². The van der Waals surface area contributed by atoms with Gasteiger partial charge in [-0.25, -0.2) is 9.97 Å². The van der Waals surface area contributed by atoms with Gasteiger partial charge in [-0.3, -0.25) is 9.48 Å². The summed E-state index contributed by atoms with van der Waals surface area (Å²) in [6, 6.07) is 3.81. The molecule has 1 aliphatic rings. The van der Waals surface area contributed by atoms with Gasteiger partial charge in [-0.05, 0) is 25.5 Å². The molecule has 2 aromatic rings. The molecule has 1 saturated heterocycles. The van der Waals surface area contributed by atoms with Crippen LogP contribution in [0.15, 0.2) is 30.9 Å². The maximum atomic E-state index is 12.5. The van der Waals surface area contributed by atoms with Gasteiger partial charge in [0.15, 0.2) is 0 Å². The van der Waals surface area contributed by atoms with Crippen LogP contribution in [0.25, 0.3) is 0 Å². The average Bonchev–Trinajstić information content (AvgIpc) is 2.92. The van der Waals surface area contributed by atoms with Crippen LogP contribution in [0, 0.1) is 12.8 Å². The van der Waals surface area contributed by atoms with Gasteiger partial charge < -0.3 is 9.64 Å². The van der Waals surface area contributed by atoms with Crippen molar-refractivity contribution >= 4 is 5.91 Å². The fourth-order valence-electron chi connectivity index (χ4n) is 2.78. The largest absolute Gasteiger partial charge is 0.379 e. The minimum atomic E-state index is 0.0723. The van der Waals surface area contributed by atoms with E-state index < -0.39 is 0 Å². The van der Waals surface area contributed by atoms with Crippen LogP contribution in [0.2, 0.25) is 0 Å². The van der Waals surface area contributed by atoms with Gasteiger partial charge in [-0.2, -0.15) is 5.10 Å². The summed E-state index contributed by atoms with van der Waals surface area (Å²) in [5, 5.41) is 4.09. The molecule has 0 bridgehead atoms. The molecule has 1 aliphatic heterocycles. The van der Waals surface area contributed by atoms with Crippen molar-refractivity contribution in [3.05, 3.63) is 42.2 Å². The van der Waals surface area contributed by atoms with Crippen molar-refractivity contribution in [2.45, 2.75) is 19.9 Å². The van der Waals surface area contributed by atoms with Crippen molar-refractivity contribution < 1.29 is 9.53 Å². The van der Waals surface area contributed by atoms with Gasteiger partial charge in [-0.15, -0.1) is 0 Å². The zero-order chi connectivity index (χ0) is 16.1. The number of rotatable bonds is 4. The van der Waals surface area contributed by atoms with E-state index in [-0.39, 0.29) is 18.4 Å². The summed E-state index contributed by atoms with van der Waals surface area (Å²) in [5.74, 6) is 0.316. The number of nitrogens with zero attached hydrogens (tertiary/aromatic N) is 5. The van der Waals surface area contributed by atoms with Crippen molar-refractivity contribution in [1.82, 2.24) is 24.6 Å². The third-order valence-corrected chi connectivity index (χ3v) is 3.91. The summed E-state index contributed by atoms with van der Waals surface area (Å²) in [7, 11) is 0. The highest BCUT2D eigenvalue weighted by Crippen LogP contribution is 2.13. The van der Waals surface area contributed by atoms with E-state index >= 15 is 0 Å². The molecule has 23 heavy (non-hydrogen) atoms. The highest BCUT2D eigenvalue weighted by molar-refractivity contribution is 5.75. The Kier molecular flexibility index (Phi) is 4.97. The predicted octanol–water partition coefficient (Wildman–Crippen LogP) is 0.699. The van der Waals surface area contributed by atoms with Crippen LogP contribution in [0.4, 0.5) is 0 Å². The first-order valence-corrected chi connectivity index (χ1v) is 7.81. The van der Waals surface area contributed by atoms with Gasteiger partial charge in [0.2, 0.25) is 5.91 Å². The number of ether oxygens (including phenoxy) is 1. The van der Waals surface area contributed by atoms with Crippen molar-refractivity contribution in [3.8, 4) is 0 Å². The standard InChI is InChI=1S/C16H21N5O2/c1-13-7-15(18-12-17-13)8-14-9-20(5-6-23-11-14)16(22)10-21-4-2-3-19-21/h2-4,7,12,14H,5-6,8-11H2,1H3/t14-/m1/s1. The van der Waals surface area contributed by atoms with Crippen LogP contribution in [0.5, 0.6) is 0 Å². The van der Waals surface area contributed by atoms with Crippen LogP contribution in [0.1, 0.15) is 11.4 Å². The molecule has 1 amide bonds. The smallest absolute Gasteiger partial charge is 0.244 e. The first-order chi connectivity index (χ1) is 11.2. The zero-order valence-corrected chi connectivity index (χ0v) is 13.3. The fourth-order valence-corrected chi connectivity index (χ4v) is 2.78. The topological polar surface area (TPSA) is 73.1 Å². The molecule has 0 aromatic carbocycles. The predicted molar refractivity (Wildman–Crippen MR) is 83.6 cm³/mol. The van der Waals surface area contributed by atoms with E-state index in [0.717, 1.165) is 17.8 Å². The second-order valence-electron chi connectivity index (χ2n) is 5.84. The van der Waals surface area contributed by atoms with Gasteiger partial charge >= 0.3 is 0 Å². The Balaban J connectivity index is 1.62. The third-order valence-electron chi connectivity index (χ3n) is 3.91. The van der Waals surface area contributed by atoms with Crippen LogP contribution < -0.4 is 0 Å². The van der Waals surface area contributed by atoms with Gasteiger partial charge in [0.25, 0.3) is 0 Å². The second-order valence-corrected chi connectivity index (χ2v) is 5.84. The molecule has 0 radical (unpaired) electrons. The number of carbonyl (C=O) groups excluding carboxylic acids is 1. The lowest BCUT2D eigenvalue weighted by molar-refractivity contribution is -0.132. The maximum absolute atomic E-state index is 12.5. The van der Waals surface area contributed by atoms with Crippen LogP contribution in [-0.2, 0) is 22.5 Å². The summed E-state index contributed by atoms with van der Waals surface area (Å²) in [6.45, 7) is 4.75. The first kappa shape index (κ1) is 15.6. The Hall–Kier alpha value is -2.28. The number of hydrogen-bond acceptors (Lipinski definition) is 5. The average molecular weight is 315 g/mol. The summed E-state index contributed by atoms with van der Waals surface area (Å²) < 4.78 is 7.32. The summed E-state index contributed by atoms with van der Waals surface area (Å²) in [5.41, 5.74) is 1.95. The van der Waals surface area contributed by atoms with Crippen LogP contribution in [0.3, 0.4) is 0 Å². The number of amides is 1. The molecule has 3 heterocycles. The molecule has 0 N–H and O–H groups in total. The number of aryl methyl sites for hydroxylation is 1. The number of aromatic nitrogens is 4. The molecule has 1 atom stereocenters. The fraction of sp³-hybridized carbons (Fsp3) is 0.500. The van der Waals surface area contributed by atoms with Gasteiger partial charge in [0, 0.05) is 42.8 Å². The minimum absolute atomic E-state index is 0.0723. The highest BCUT2D eigenvalue weighted by Gasteiger charge is 2.23. The lowest BCUT2D eigenvalue weighted by atomic mass is 10.0. The first-order valence-electron chi connectivity index (χ1n) is 7.81. The quantitative estimate of drug-likeness (QED) is 0.830. The zero-order valence-electron chi connectivity index (χ0n) is 13.3. The van der Waals surface area contributed by atoms with Gasteiger partial charge in [0.1, 0.15) is 12.9 Å². The molecule has 2 aromatic heterocycles. The Morgan fingerprint density at radius 1 is 1.43 bits per heavy atom. The minimum Gasteiger partial charge on any atom is -0.379 e. The normalized spacial score (nSPS) is 18.7. The summed E-state index contributed by atoms with van der Waals surface area (Å²) in [4.78, 5) is 22.8. The van der Waals surface area contributed by atoms with E-state index in [0.29, 0.717) is 26.3 Å². The maximum Gasteiger partial charge on any atom is 0.244 e. The molecule has 0 aliphatic carbocycles. The van der Waals surface area contributed by atoms with Crippen molar-refractivity contribution in [2.24, 2.45) is 5.92 Å². The van der Waals surface area contributed by atoms with Crippen molar-refractivity contribution in [2.75, 3.05) is 26.3 Å². The lowest BCUT2D eigenvalue weighted by Gasteiger charge is -2.23. The number of carbonyl (C=O) groups is 1. The van der Waals surface area contributed by atoms with E-state index in [1.165, 1.54) is 0 Å². The van der Waals surface area contributed by atoms with Crippen LogP contribution in [-0.4, -0.2) is 56.9 Å². The van der Waals surface area contributed by atoms with E-state index in [1.807, 2.05) is 24.0 Å². The molecule has 7 heteroatoms. The molecule has 7 nitrogen and oxygen atoms in total. The summed E-state index contributed by atoms with van der Waals surface area (Å²) in [6.07, 6.45) is 5.85. The van der Waals surface area contributed by atoms with E-state index in [4.69, 9.17) is 4.74 Å². The number of hydrogen-bond donors (Lipinski definition) is 0.